The maximum Gasteiger partial charge on any atom is 0.141 e. The van der Waals surface area contributed by atoms with E-state index in [-0.39, 0.29) is 12.1 Å². The molecule has 26 heavy (non-hydrogen) atoms. The molecule has 0 saturated carbocycles. The Morgan fingerprint density at radius 2 is 2.19 bits per heavy atom. The molecule has 0 atom stereocenters. The van der Waals surface area contributed by atoms with E-state index < -0.39 is 0 Å². The van der Waals surface area contributed by atoms with E-state index in [9.17, 15) is 5.26 Å². The summed E-state index contributed by atoms with van der Waals surface area (Å²) in [6.07, 6.45) is 9.39. The van der Waals surface area contributed by atoms with Crippen LogP contribution in [-0.2, 0) is 5.54 Å². The molecule has 4 heterocycles. The van der Waals surface area contributed by atoms with E-state index in [1.54, 1.807) is 6.33 Å². The molecule has 1 saturated heterocycles. The van der Waals surface area contributed by atoms with Gasteiger partial charge in [-0.15, -0.1) is 0 Å². The first-order valence-corrected chi connectivity index (χ1v) is 8.79. The zero-order valence-electron chi connectivity index (χ0n) is 14.5. The molecule has 1 aliphatic heterocycles. The number of hydrogen-bond acceptors (Lipinski definition) is 6. The van der Waals surface area contributed by atoms with Crippen LogP contribution >= 0.6 is 0 Å². The zero-order valence-corrected chi connectivity index (χ0v) is 14.5. The predicted octanol–water partition coefficient (Wildman–Crippen LogP) is 1.52. The Bertz CT molecular complexity index is 932. The maximum absolute atomic E-state index is 9.30. The Morgan fingerprint density at radius 1 is 1.31 bits per heavy atom. The lowest BCUT2D eigenvalue weighted by atomic mass is 9.86. The average Bonchev–Trinajstić information content (AvgIpc) is 3.28. The Hall–Kier alpha value is -2.76. The molecule has 3 aromatic heterocycles. The Balaban J connectivity index is 1.56. The van der Waals surface area contributed by atoms with E-state index in [1.165, 1.54) is 0 Å². The number of aliphatic hydroxyl groups excluding tert-OH is 1. The molecule has 134 valence electrons. The van der Waals surface area contributed by atoms with Crippen LogP contribution in [0.4, 0.5) is 0 Å². The number of likely N-dealkylation sites (tertiary alicyclic amines) is 1. The molecule has 3 aromatic rings. The van der Waals surface area contributed by atoms with Crippen LogP contribution in [0.3, 0.4) is 0 Å². The summed E-state index contributed by atoms with van der Waals surface area (Å²) in [7, 11) is 0. The fraction of sp³-hybridized carbons (Fsp3) is 0.444. The second-order valence-corrected chi connectivity index (χ2v) is 6.84. The van der Waals surface area contributed by atoms with E-state index in [2.05, 4.69) is 31.0 Å². The van der Waals surface area contributed by atoms with Crippen molar-refractivity contribution < 1.29 is 5.11 Å². The highest BCUT2D eigenvalue weighted by molar-refractivity contribution is 5.89. The van der Waals surface area contributed by atoms with Crippen molar-refractivity contribution in [2.75, 3.05) is 26.2 Å². The third-order valence-corrected chi connectivity index (χ3v) is 5.02. The normalized spacial score (nSPS) is 16.5. The SMILES string of the molecule is N#CCC1(n2cc(-c3ncnc4[nH]ccc34)cn2)CN(CCCCO)C1. The van der Waals surface area contributed by atoms with E-state index in [0.717, 1.165) is 54.8 Å². The topological polar surface area (TPSA) is 107 Å². The number of unbranched alkanes of at least 4 members (excludes halogenated alkanes) is 1. The van der Waals surface area contributed by atoms with Crippen molar-refractivity contribution in [2.45, 2.75) is 24.8 Å². The highest BCUT2D eigenvalue weighted by Crippen LogP contribution is 2.34. The number of fused-ring (bicyclic) bond motifs is 1. The first-order chi connectivity index (χ1) is 12.8. The van der Waals surface area contributed by atoms with Crippen molar-refractivity contribution in [3.63, 3.8) is 0 Å². The van der Waals surface area contributed by atoms with E-state index in [4.69, 9.17) is 5.11 Å². The predicted molar refractivity (Wildman–Crippen MR) is 96.1 cm³/mol. The number of hydrogen-bond donors (Lipinski definition) is 2. The van der Waals surface area contributed by atoms with Crippen LogP contribution in [0, 0.1) is 11.3 Å². The number of aliphatic hydroxyl groups is 1. The summed E-state index contributed by atoms with van der Waals surface area (Å²) >= 11 is 0. The van der Waals surface area contributed by atoms with E-state index in [0.29, 0.717) is 6.42 Å². The molecule has 0 spiro atoms. The maximum atomic E-state index is 9.30. The molecule has 0 unspecified atom stereocenters. The summed E-state index contributed by atoms with van der Waals surface area (Å²) in [5, 5.41) is 23.7. The van der Waals surface area contributed by atoms with Crippen molar-refractivity contribution in [3.8, 4) is 17.3 Å². The highest BCUT2D eigenvalue weighted by Gasteiger charge is 2.45. The van der Waals surface area contributed by atoms with Crippen LogP contribution < -0.4 is 0 Å². The van der Waals surface area contributed by atoms with Gasteiger partial charge < -0.3 is 10.1 Å². The summed E-state index contributed by atoms with van der Waals surface area (Å²) in [6, 6.07) is 4.27. The van der Waals surface area contributed by atoms with Crippen LogP contribution in [-0.4, -0.2) is 61.0 Å². The third kappa shape index (κ3) is 2.85. The Kier molecular flexibility index (Phi) is 4.41. The monoisotopic (exact) mass is 351 g/mol. The number of aromatic amines is 1. The molecule has 0 aliphatic carbocycles. The molecule has 1 aliphatic rings. The number of nitrogens with one attached hydrogen (secondary N) is 1. The molecule has 4 rings (SSSR count). The van der Waals surface area contributed by atoms with Crippen LogP contribution in [0.5, 0.6) is 0 Å². The molecule has 8 heteroatoms. The van der Waals surface area contributed by atoms with E-state index in [1.807, 2.05) is 29.3 Å². The quantitative estimate of drug-likeness (QED) is 0.625. The second-order valence-electron chi connectivity index (χ2n) is 6.84. The summed E-state index contributed by atoms with van der Waals surface area (Å²) in [5.74, 6) is 0. The van der Waals surface area contributed by atoms with Gasteiger partial charge in [-0.2, -0.15) is 10.4 Å². The zero-order chi connectivity index (χ0) is 18.0. The van der Waals surface area contributed by atoms with Crippen LogP contribution in [0.15, 0.2) is 31.0 Å². The Morgan fingerprint density at radius 3 is 3.00 bits per heavy atom. The molecule has 0 aromatic carbocycles. The van der Waals surface area contributed by atoms with Gasteiger partial charge in [-0.25, -0.2) is 9.97 Å². The van der Waals surface area contributed by atoms with Crippen molar-refractivity contribution in [1.82, 2.24) is 29.6 Å². The molecule has 0 radical (unpaired) electrons. The lowest BCUT2D eigenvalue weighted by Crippen LogP contribution is -2.62. The van der Waals surface area contributed by atoms with Crippen LogP contribution in [0.2, 0.25) is 0 Å². The van der Waals surface area contributed by atoms with Crippen molar-refractivity contribution >= 4 is 11.0 Å². The minimum Gasteiger partial charge on any atom is -0.396 e. The summed E-state index contributed by atoms with van der Waals surface area (Å²) < 4.78 is 1.93. The summed E-state index contributed by atoms with van der Waals surface area (Å²) in [4.78, 5) is 14.0. The number of nitriles is 1. The van der Waals surface area contributed by atoms with Crippen LogP contribution in [0.1, 0.15) is 19.3 Å². The van der Waals surface area contributed by atoms with E-state index >= 15 is 0 Å². The standard InChI is InChI=1S/C18H21N7O/c19-5-4-18(11-24(12-18)7-1-2-8-26)25-10-14(9-23-25)16-15-3-6-20-17(15)22-13-21-16/h3,6,9-10,13,26H,1-2,4,7-8,11-12H2,(H,20,21,22). The molecule has 0 bridgehead atoms. The van der Waals surface area contributed by atoms with Gasteiger partial charge in [0, 0.05) is 43.0 Å². The molecule has 8 nitrogen and oxygen atoms in total. The van der Waals surface area contributed by atoms with Gasteiger partial charge >= 0.3 is 0 Å². The van der Waals surface area contributed by atoms with Crippen molar-refractivity contribution in [1.29, 1.82) is 5.26 Å². The van der Waals surface area contributed by atoms with Gasteiger partial charge in [-0.1, -0.05) is 0 Å². The third-order valence-electron chi connectivity index (χ3n) is 5.02. The van der Waals surface area contributed by atoms with Crippen molar-refractivity contribution in [2.24, 2.45) is 0 Å². The Labute approximate surface area is 151 Å². The first-order valence-electron chi connectivity index (χ1n) is 8.79. The van der Waals surface area contributed by atoms with Crippen LogP contribution in [0.25, 0.3) is 22.3 Å². The van der Waals surface area contributed by atoms with Gasteiger partial charge in [0.2, 0.25) is 0 Å². The summed E-state index contributed by atoms with van der Waals surface area (Å²) in [5.41, 5.74) is 2.28. The molecule has 0 amide bonds. The second kappa shape index (κ2) is 6.86. The van der Waals surface area contributed by atoms with Gasteiger partial charge in [0.1, 0.15) is 17.5 Å². The molecule has 1 fully saturated rings. The van der Waals surface area contributed by atoms with Gasteiger partial charge in [0.25, 0.3) is 0 Å². The molecule has 2 N–H and O–H groups in total. The van der Waals surface area contributed by atoms with Gasteiger partial charge in [-0.05, 0) is 25.5 Å². The van der Waals surface area contributed by atoms with Gasteiger partial charge in [0.05, 0.1) is 24.4 Å². The average molecular weight is 351 g/mol. The van der Waals surface area contributed by atoms with Crippen molar-refractivity contribution in [3.05, 3.63) is 31.0 Å². The lowest BCUT2D eigenvalue weighted by molar-refractivity contribution is 0.00371. The fourth-order valence-corrected chi connectivity index (χ4v) is 3.68. The van der Waals surface area contributed by atoms with Gasteiger partial charge in [0.15, 0.2) is 0 Å². The lowest BCUT2D eigenvalue weighted by Gasteiger charge is -2.49. The first kappa shape index (κ1) is 16.7. The molecular weight excluding hydrogens is 330 g/mol. The smallest absolute Gasteiger partial charge is 0.141 e. The minimum absolute atomic E-state index is 0.228. The fourth-order valence-electron chi connectivity index (χ4n) is 3.68. The summed E-state index contributed by atoms with van der Waals surface area (Å²) in [6.45, 7) is 2.77. The number of rotatable bonds is 7. The number of aromatic nitrogens is 5. The largest absolute Gasteiger partial charge is 0.396 e. The molecular formula is C18H21N7O. The number of nitrogens with zero attached hydrogens (tertiary/aromatic N) is 6. The highest BCUT2D eigenvalue weighted by atomic mass is 16.2. The minimum atomic E-state index is -0.281. The van der Waals surface area contributed by atoms with Gasteiger partial charge in [-0.3, -0.25) is 9.58 Å². The number of H-pyrrole nitrogens is 1.